The molecule has 2 rings (SSSR count). The molecule has 0 radical (unpaired) electrons. The van der Waals surface area contributed by atoms with Crippen LogP contribution >= 0.6 is 0 Å². The van der Waals surface area contributed by atoms with Gasteiger partial charge in [-0.15, -0.1) is 0 Å². The Labute approximate surface area is 121 Å². The zero-order valence-electron chi connectivity index (χ0n) is 11.8. The van der Waals surface area contributed by atoms with Crippen molar-refractivity contribution in [2.45, 2.75) is 6.54 Å². The van der Waals surface area contributed by atoms with E-state index in [-0.39, 0.29) is 5.69 Å². The maximum absolute atomic E-state index is 10.9. The number of nitro groups is 1. The molecule has 1 N–H and O–H groups in total. The molecule has 0 bridgehead atoms. The molecular weight excluding hydrogens is 276 g/mol. The molecule has 0 atom stereocenters. The van der Waals surface area contributed by atoms with Gasteiger partial charge in [0.25, 0.3) is 5.69 Å². The van der Waals surface area contributed by atoms with Crippen LogP contribution in [-0.2, 0) is 11.3 Å². The molecule has 0 unspecified atom stereocenters. The van der Waals surface area contributed by atoms with Crippen molar-refractivity contribution in [2.24, 2.45) is 0 Å². The molecule has 0 aliphatic rings. The lowest BCUT2D eigenvalue weighted by Gasteiger charge is -2.06. The molecule has 0 aliphatic heterocycles. The second-order valence-corrected chi connectivity index (χ2v) is 4.29. The summed E-state index contributed by atoms with van der Waals surface area (Å²) in [4.78, 5) is 10.4. The Balaban J connectivity index is 2.16. The van der Waals surface area contributed by atoms with Crippen LogP contribution in [0.5, 0.6) is 5.75 Å². The molecule has 0 amide bonds. The summed E-state index contributed by atoms with van der Waals surface area (Å²) >= 11 is 0. The van der Waals surface area contributed by atoms with E-state index in [9.17, 15) is 10.1 Å². The van der Waals surface area contributed by atoms with E-state index in [1.165, 1.54) is 19.2 Å². The molecule has 1 aromatic carbocycles. The number of hydrogen-bond acceptors (Lipinski definition) is 6. The number of nitrogens with zero attached hydrogens (tertiary/aromatic N) is 3. The third kappa shape index (κ3) is 3.93. The molecule has 0 saturated heterocycles. The Bertz CT molecular complexity index is 626. The average molecular weight is 292 g/mol. The normalized spacial score (nSPS) is 10.4. The number of hydrogen-bond donors (Lipinski definition) is 1. The first-order valence-corrected chi connectivity index (χ1v) is 6.24. The summed E-state index contributed by atoms with van der Waals surface area (Å²) in [5, 5.41) is 18.1. The van der Waals surface area contributed by atoms with Gasteiger partial charge < -0.3 is 14.8 Å². The van der Waals surface area contributed by atoms with Gasteiger partial charge >= 0.3 is 0 Å². The molecule has 2 aromatic rings. The molecule has 0 fully saturated rings. The molecule has 1 heterocycles. The van der Waals surface area contributed by atoms with E-state index < -0.39 is 4.92 Å². The SMILES string of the molecule is COCCn1cc(Nc2cc(OC)cc([N+](=O)[O-])c2)cn1. The summed E-state index contributed by atoms with van der Waals surface area (Å²) in [5.41, 5.74) is 1.25. The van der Waals surface area contributed by atoms with Crippen molar-refractivity contribution in [3.8, 4) is 5.75 Å². The number of rotatable bonds is 7. The van der Waals surface area contributed by atoms with Crippen LogP contribution in [0.15, 0.2) is 30.6 Å². The monoisotopic (exact) mass is 292 g/mol. The first kappa shape index (κ1) is 14.8. The van der Waals surface area contributed by atoms with Crippen molar-refractivity contribution < 1.29 is 14.4 Å². The molecule has 8 nitrogen and oxygen atoms in total. The number of nitrogens with one attached hydrogen (secondary N) is 1. The van der Waals surface area contributed by atoms with E-state index in [4.69, 9.17) is 9.47 Å². The lowest BCUT2D eigenvalue weighted by Crippen LogP contribution is -2.03. The predicted octanol–water partition coefficient (Wildman–Crippen LogP) is 2.19. The van der Waals surface area contributed by atoms with Crippen molar-refractivity contribution in [1.29, 1.82) is 0 Å². The highest BCUT2D eigenvalue weighted by Crippen LogP contribution is 2.27. The highest BCUT2D eigenvalue weighted by molar-refractivity contribution is 5.63. The predicted molar refractivity (Wildman–Crippen MR) is 77.0 cm³/mol. The fourth-order valence-corrected chi connectivity index (χ4v) is 1.78. The summed E-state index contributed by atoms with van der Waals surface area (Å²) in [6, 6.07) is 4.49. The van der Waals surface area contributed by atoms with E-state index in [1.54, 1.807) is 30.3 Å². The van der Waals surface area contributed by atoms with Crippen LogP contribution in [0.3, 0.4) is 0 Å². The van der Waals surface area contributed by atoms with Gasteiger partial charge in [0.1, 0.15) is 5.75 Å². The zero-order valence-corrected chi connectivity index (χ0v) is 11.8. The number of benzene rings is 1. The van der Waals surface area contributed by atoms with Gasteiger partial charge in [-0.05, 0) is 0 Å². The first-order valence-electron chi connectivity index (χ1n) is 6.24. The van der Waals surface area contributed by atoms with Crippen LogP contribution in [0, 0.1) is 10.1 Å². The summed E-state index contributed by atoms with van der Waals surface area (Å²) in [6.45, 7) is 1.20. The van der Waals surface area contributed by atoms with Crippen LogP contribution in [0.25, 0.3) is 0 Å². The van der Waals surface area contributed by atoms with E-state index in [0.29, 0.717) is 24.6 Å². The van der Waals surface area contributed by atoms with Crippen molar-refractivity contribution in [2.75, 3.05) is 26.1 Å². The van der Waals surface area contributed by atoms with Gasteiger partial charge in [0.05, 0.1) is 43.1 Å². The second kappa shape index (κ2) is 6.71. The van der Waals surface area contributed by atoms with E-state index in [2.05, 4.69) is 10.4 Å². The van der Waals surface area contributed by atoms with Gasteiger partial charge in [-0.2, -0.15) is 5.10 Å². The minimum Gasteiger partial charge on any atom is -0.496 e. The van der Waals surface area contributed by atoms with Crippen molar-refractivity contribution in [3.63, 3.8) is 0 Å². The molecule has 112 valence electrons. The average Bonchev–Trinajstić information content (AvgIpc) is 2.92. The minimum absolute atomic E-state index is 0.0383. The molecule has 0 spiro atoms. The highest BCUT2D eigenvalue weighted by atomic mass is 16.6. The van der Waals surface area contributed by atoms with E-state index in [0.717, 1.165) is 5.69 Å². The van der Waals surface area contributed by atoms with Crippen molar-refractivity contribution in [3.05, 3.63) is 40.7 Å². The summed E-state index contributed by atoms with van der Waals surface area (Å²) in [5.74, 6) is 0.415. The minimum atomic E-state index is -0.463. The third-order valence-electron chi connectivity index (χ3n) is 2.78. The van der Waals surface area contributed by atoms with Gasteiger partial charge in [0.2, 0.25) is 0 Å². The Morgan fingerprint density at radius 2 is 2.14 bits per heavy atom. The lowest BCUT2D eigenvalue weighted by atomic mass is 10.2. The summed E-state index contributed by atoms with van der Waals surface area (Å²) < 4.78 is 11.8. The number of nitro benzene ring substituents is 1. The molecular formula is C13H16N4O4. The van der Waals surface area contributed by atoms with Crippen molar-refractivity contribution >= 4 is 17.1 Å². The Kier molecular flexibility index (Phi) is 4.72. The van der Waals surface area contributed by atoms with E-state index >= 15 is 0 Å². The molecule has 8 heteroatoms. The first-order chi connectivity index (χ1) is 10.1. The van der Waals surface area contributed by atoms with Gasteiger partial charge in [0, 0.05) is 31.1 Å². The smallest absolute Gasteiger partial charge is 0.275 e. The molecule has 21 heavy (non-hydrogen) atoms. The summed E-state index contributed by atoms with van der Waals surface area (Å²) in [6.07, 6.45) is 3.44. The molecule has 0 saturated carbocycles. The van der Waals surface area contributed by atoms with Gasteiger partial charge in [-0.25, -0.2) is 0 Å². The van der Waals surface area contributed by atoms with Crippen LogP contribution < -0.4 is 10.1 Å². The number of anilines is 2. The number of non-ortho nitro benzene ring substituents is 1. The number of aromatic nitrogens is 2. The van der Waals surface area contributed by atoms with Gasteiger partial charge in [-0.3, -0.25) is 14.8 Å². The van der Waals surface area contributed by atoms with Crippen molar-refractivity contribution in [1.82, 2.24) is 9.78 Å². The fraction of sp³-hybridized carbons (Fsp3) is 0.308. The number of methoxy groups -OCH3 is 2. The Morgan fingerprint density at radius 1 is 1.33 bits per heavy atom. The lowest BCUT2D eigenvalue weighted by molar-refractivity contribution is -0.384. The largest absolute Gasteiger partial charge is 0.496 e. The van der Waals surface area contributed by atoms with Crippen LogP contribution in [0.2, 0.25) is 0 Å². The van der Waals surface area contributed by atoms with Gasteiger partial charge in [0.15, 0.2) is 0 Å². The topological polar surface area (TPSA) is 91.5 Å². The Morgan fingerprint density at radius 3 is 2.81 bits per heavy atom. The van der Waals surface area contributed by atoms with E-state index in [1.807, 2.05) is 0 Å². The maximum atomic E-state index is 10.9. The second-order valence-electron chi connectivity index (χ2n) is 4.29. The van der Waals surface area contributed by atoms with Crippen LogP contribution in [0.1, 0.15) is 0 Å². The quantitative estimate of drug-likeness (QED) is 0.621. The summed E-state index contributed by atoms with van der Waals surface area (Å²) in [7, 11) is 3.09. The fourth-order valence-electron chi connectivity index (χ4n) is 1.78. The molecule has 0 aliphatic carbocycles. The zero-order chi connectivity index (χ0) is 15.2. The third-order valence-corrected chi connectivity index (χ3v) is 2.78. The highest BCUT2D eigenvalue weighted by Gasteiger charge is 2.11. The number of ether oxygens (including phenoxy) is 2. The Hall–Kier alpha value is -2.61. The standard InChI is InChI=1S/C13H16N4O4/c1-20-4-3-16-9-11(8-14-16)15-10-5-12(17(18)19)7-13(6-10)21-2/h5-9,15H,3-4H2,1-2H3. The maximum Gasteiger partial charge on any atom is 0.275 e. The van der Waals surface area contributed by atoms with Crippen LogP contribution in [-0.4, -0.2) is 35.5 Å². The molecule has 1 aromatic heterocycles. The van der Waals surface area contributed by atoms with Gasteiger partial charge in [-0.1, -0.05) is 0 Å². The van der Waals surface area contributed by atoms with Crippen LogP contribution in [0.4, 0.5) is 17.1 Å².